The Hall–Kier alpha value is -4.57. The summed E-state index contributed by atoms with van der Waals surface area (Å²) < 4.78 is 13.2. The summed E-state index contributed by atoms with van der Waals surface area (Å²) in [5, 5.41) is 5.76. The summed E-state index contributed by atoms with van der Waals surface area (Å²) in [5.41, 5.74) is 8.93. The molecule has 4 amide bonds. The number of benzene rings is 3. The van der Waals surface area contributed by atoms with Gasteiger partial charge in [0.05, 0.1) is 0 Å². The standard InChI is InChI=1S/C33H38FN5O4/c1-22(30(40)36-27-15-13-26(34)14-16-27)19-28(35)29(20-24-9-5-3-6-10-24)37-31(41)23(2)39-18-17-38(32(42)33(39)43)21-25-11-7-4-8-12-25/h3-16,22-23,28-29H,17-21,35H2,1-2H3,(H,36,40)(H,37,41)/t22-,23-,28+,29+/m1/s1. The van der Waals surface area contributed by atoms with Crippen molar-refractivity contribution in [1.29, 1.82) is 0 Å². The van der Waals surface area contributed by atoms with Gasteiger partial charge in [-0.25, -0.2) is 4.39 Å². The van der Waals surface area contributed by atoms with Crippen LogP contribution in [0, 0.1) is 11.7 Å². The van der Waals surface area contributed by atoms with Crippen LogP contribution in [0.4, 0.5) is 10.1 Å². The average molecular weight is 588 g/mol. The van der Waals surface area contributed by atoms with E-state index in [-0.39, 0.29) is 18.9 Å². The summed E-state index contributed by atoms with van der Waals surface area (Å²) >= 11 is 0. The molecule has 0 unspecified atom stereocenters. The number of anilines is 1. The smallest absolute Gasteiger partial charge is 0.312 e. The molecule has 0 saturated carbocycles. The van der Waals surface area contributed by atoms with E-state index in [0.717, 1.165) is 11.1 Å². The molecule has 0 aromatic heterocycles. The van der Waals surface area contributed by atoms with Crippen LogP contribution in [0.3, 0.4) is 0 Å². The molecule has 1 saturated heterocycles. The lowest BCUT2D eigenvalue weighted by Gasteiger charge is -2.37. The van der Waals surface area contributed by atoms with Gasteiger partial charge >= 0.3 is 11.8 Å². The van der Waals surface area contributed by atoms with Crippen LogP contribution >= 0.6 is 0 Å². The third kappa shape index (κ3) is 8.48. The Morgan fingerprint density at radius 2 is 1.44 bits per heavy atom. The number of piperazine rings is 1. The van der Waals surface area contributed by atoms with E-state index in [1.54, 1.807) is 13.8 Å². The van der Waals surface area contributed by atoms with Crippen molar-refractivity contribution in [3.63, 3.8) is 0 Å². The lowest BCUT2D eigenvalue weighted by molar-refractivity contribution is -0.159. The maximum atomic E-state index is 13.5. The molecule has 9 nitrogen and oxygen atoms in total. The summed E-state index contributed by atoms with van der Waals surface area (Å²) in [6.07, 6.45) is 0.666. The van der Waals surface area contributed by atoms with Gasteiger partial charge in [0, 0.05) is 43.3 Å². The highest BCUT2D eigenvalue weighted by atomic mass is 19.1. The van der Waals surface area contributed by atoms with Crippen LogP contribution in [0.1, 0.15) is 31.4 Å². The molecule has 0 bridgehead atoms. The number of hydrogen-bond acceptors (Lipinski definition) is 5. The van der Waals surface area contributed by atoms with E-state index in [1.807, 2.05) is 60.7 Å². The zero-order valence-corrected chi connectivity index (χ0v) is 24.4. The van der Waals surface area contributed by atoms with Crippen LogP contribution < -0.4 is 16.4 Å². The van der Waals surface area contributed by atoms with Gasteiger partial charge in [-0.3, -0.25) is 19.2 Å². The Morgan fingerprint density at radius 3 is 2.07 bits per heavy atom. The fourth-order valence-electron chi connectivity index (χ4n) is 5.11. The summed E-state index contributed by atoms with van der Waals surface area (Å²) in [6, 6.07) is 22.4. The van der Waals surface area contributed by atoms with Gasteiger partial charge in [0.1, 0.15) is 11.9 Å². The predicted molar refractivity (Wildman–Crippen MR) is 162 cm³/mol. The van der Waals surface area contributed by atoms with Gasteiger partial charge < -0.3 is 26.2 Å². The van der Waals surface area contributed by atoms with Crippen molar-refractivity contribution >= 4 is 29.3 Å². The molecular weight excluding hydrogens is 549 g/mol. The first-order valence-corrected chi connectivity index (χ1v) is 14.4. The van der Waals surface area contributed by atoms with E-state index >= 15 is 0 Å². The molecule has 0 aliphatic carbocycles. The average Bonchev–Trinajstić information content (AvgIpc) is 3.01. The van der Waals surface area contributed by atoms with Gasteiger partial charge in [0.15, 0.2) is 0 Å². The minimum Gasteiger partial charge on any atom is -0.350 e. The first-order valence-electron chi connectivity index (χ1n) is 14.4. The number of carbonyl (C=O) groups is 4. The normalized spacial score (nSPS) is 16.3. The molecule has 226 valence electrons. The Labute approximate surface area is 251 Å². The van der Waals surface area contributed by atoms with Gasteiger partial charge in [-0.05, 0) is 55.2 Å². The number of amides is 4. The SMILES string of the molecule is C[C@H](C[C@H](N)[C@H](Cc1ccccc1)NC(=O)[C@@H](C)N1CCN(Cc2ccccc2)C(=O)C1=O)C(=O)Nc1ccc(F)cc1. The molecule has 3 aromatic carbocycles. The highest BCUT2D eigenvalue weighted by Crippen LogP contribution is 2.17. The van der Waals surface area contributed by atoms with Gasteiger partial charge in [-0.1, -0.05) is 67.6 Å². The van der Waals surface area contributed by atoms with Crippen LogP contribution in [0.2, 0.25) is 0 Å². The van der Waals surface area contributed by atoms with Crippen molar-refractivity contribution < 1.29 is 23.6 Å². The zero-order chi connectivity index (χ0) is 30.9. The Bertz CT molecular complexity index is 1400. The third-order valence-electron chi connectivity index (χ3n) is 7.73. The first kappa shape index (κ1) is 31.4. The topological polar surface area (TPSA) is 125 Å². The number of rotatable bonds is 12. The number of nitrogens with zero attached hydrogens (tertiary/aromatic N) is 2. The number of halogens is 1. The number of nitrogens with two attached hydrogens (primary N) is 1. The molecule has 1 aliphatic rings. The second kappa shape index (κ2) is 14.6. The fourth-order valence-corrected chi connectivity index (χ4v) is 5.11. The predicted octanol–water partition coefficient (Wildman–Crippen LogP) is 3.10. The van der Waals surface area contributed by atoms with Crippen LogP contribution in [-0.2, 0) is 32.1 Å². The number of nitrogens with one attached hydrogen (secondary N) is 2. The van der Waals surface area contributed by atoms with Gasteiger partial charge in [-0.2, -0.15) is 0 Å². The molecule has 1 fully saturated rings. The lowest BCUT2D eigenvalue weighted by Crippen LogP contribution is -2.61. The van der Waals surface area contributed by atoms with Crippen molar-refractivity contribution in [2.45, 2.75) is 51.4 Å². The molecule has 4 rings (SSSR count). The van der Waals surface area contributed by atoms with Crippen molar-refractivity contribution in [2.24, 2.45) is 11.7 Å². The highest BCUT2D eigenvalue weighted by Gasteiger charge is 2.38. The molecule has 1 aliphatic heterocycles. The van der Waals surface area contributed by atoms with Crippen molar-refractivity contribution in [3.8, 4) is 0 Å². The van der Waals surface area contributed by atoms with Crippen LogP contribution in [-0.4, -0.2) is 64.6 Å². The van der Waals surface area contributed by atoms with E-state index in [0.29, 0.717) is 25.2 Å². The van der Waals surface area contributed by atoms with Gasteiger partial charge in [-0.15, -0.1) is 0 Å². The third-order valence-corrected chi connectivity index (χ3v) is 7.73. The zero-order valence-electron chi connectivity index (χ0n) is 24.4. The number of hydrogen-bond donors (Lipinski definition) is 3. The molecule has 1 heterocycles. The highest BCUT2D eigenvalue weighted by molar-refractivity contribution is 6.35. The Kier molecular flexibility index (Phi) is 10.6. The lowest BCUT2D eigenvalue weighted by atomic mass is 9.92. The largest absolute Gasteiger partial charge is 0.350 e. The first-order chi connectivity index (χ1) is 20.6. The summed E-state index contributed by atoms with van der Waals surface area (Å²) in [5.74, 6) is -2.99. The van der Waals surface area contributed by atoms with Crippen LogP contribution in [0.5, 0.6) is 0 Å². The van der Waals surface area contributed by atoms with E-state index in [1.165, 1.54) is 34.1 Å². The quantitative estimate of drug-likeness (QED) is 0.281. The number of carbonyl (C=O) groups excluding carboxylic acids is 4. The minimum atomic E-state index is -0.903. The van der Waals surface area contributed by atoms with Gasteiger partial charge in [0.25, 0.3) is 0 Å². The summed E-state index contributed by atoms with van der Waals surface area (Å²) in [7, 11) is 0. The van der Waals surface area contributed by atoms with Gasteiger partial charge in [0.2, 0.25) is 11.8 Å². The molecule has 3 aromatic rings. The molecule has 0 radical (unpaired) electrons. The van der Waals surface area contributed by atoms with E-state index < -0.39 is 47.6 Å². The molecule has 0 spiro atoms. The molecular formula is C33H38FN5O4. The Balaban J connectivity index is 1.40. The fraction of sp³-hybridized carbons (Fsp3) is 0.333. The second-order valence-corrected chi connectivity index (χ2v) is 11.0. The van der Waals surface area contributed by atoms with Crippen molar-refractivity contribution in [2.75, 3.05) is 18.4 Å². The molecule has 43 heavy (non-hydrogen) atoms. The molecule has 10 heteroatoms. The minimum absolute atomic E-state index is 0.224. The van der Waals surface area contributed by atoms with Crippen LogP contribution in [0.15, 0.2) is 84.9 Å². The van der Waals surface area contributed by atoms with E-state index in [4.69, 9.17) is 5.73 Å². The van der Waals surface area contributed by atoms with Crippen LogP contribution in [0.25, 0.3) is 0 Å². The summed E-state index contributed by atoms with van der Waals surface area (Å²) in [6.45, 7) is 4.19. The van der Waals surface area contributed by atoms with E-state index in [2.05, 4.69) is 10.6 Å². The molecule has 4 N–H and O–H groups in total. The maximum absolute atomic E-state index is 13.5. The Morgan fingerprint density at radius 1 is 0.837 bits per heavy atom. The second-order valence-electron chi connectivity index (χ2n) is 11.0. The van der Waals surface area contributed by atoms with Crippen molar-refractivity contribution in [1.82, 2.24) is 15.1 Å². The maximum Gasteiger partial charge on any atom is 0.312 e. The van der Waals surface area contributed by atoms with E-state index in [9.17, 15) is 23.6 Å². The van der Waals surface area contributed by atoms with Crippen molar-refractivity contribution in [3.05, 3.63) is 102 Å². The summed E-state index contributed by atoms with van der Waals surface area (Å²) in [4.78, 5) is 55.0. The molecule has 4 atom stereocenters. The monoisotopic (exact) mass is 587 g/mol.